The summed E-state index contributed by atoms with van der Waals surface area (Å²) < 4.78 is 13.7. The molecule has 5 nitrogen and oxygen atoms in total. The second-order valence-corrected chi connectivity index (χ2v) is 4.86. The Morgan fingerprint density at radius 2 is 2.05 bits per heavy atom. The first-order valence-corrected chi connectivity index (χ1v) is 6.43. The molecule has 0 spiro atoms. The van der Waals surface area contributed by atoms with Gasteiger partial charge in [-0.2, -0.15) is 0 Å². The quantitative estimate of drug-likeness (QED) is 0.872. The van der Waals surface area contributed by atoms with Crippen molar-refractivity contribution in [1.29, 1.82) is 0 Å². The van der Waals surface area contributed by atoms with Crippen LogP contribution >= 0.6 is 0 Å². The van der Waals surface area contributed by atoms with Crippen LogP contribution in [0.5, 0.6) is 0 Å². The van der Waals surface area contributed by atoms with Gasteiger partial charge in [0.2, 0.25) is 0 Å². The topological polar surface area (TPSA) is 69.6 Å². The Labute approximate surface area is 117 Å². The first-order valence-electron chi connectivity index (χ1n) is 6.43. The SMILES string of the molecule is CCN(CC(C)C)C(=O)Nc1ccc(C(=O)O)cc1F. The Morgan fingerprint density at radius 1 is 1.40 bits per heavy atom. The Kier molecular flexibility index (Phi) is 5.49. The molecule has 2 N–H and O–H groups in total. The summed E-state index contributed by atoms with van der Waals surface area (Å²) in [4.78, 5) is 24.2. The van der Waals surface area contributed by atoms with Gasteiger partial charge in [-0.05, 0) is 31.0 Å². The van der Waals surface area contributed by atoms with E-state index in [4.69, 9.17) is 5.11 Å². The number of hydrogen-bond acceptors (Lipinski definition) is 2. The molecule has 2 amide bonds. The van der Waals surface area contributed by atoms with Gasteiger partial charge in [0.25, 0.3) is 0 Å². The van der Waals surface area contributed by atoms with Gasteiger partial charge in [0.1, 0.15) is 5.82 Å². The summed E-state index contributed by atoms with van der Waals surface area (Å²) in [6, 6.07) is 2.99. The zero-order chi connectivity index (χ0) is 15.3. The molecule has 0 saturated heterocycles. The van der Waals surface area contributed by atoms with Crippen LogP contribution in [0.15, 0.2) is 18.2 Å². The summed E-state index contributed by atoms with van der Waals surface area (Å²) in [6.45, 7) is 6.89. The maximum atomic E-state index is 13.7. The lowest BCUT2D eigenvalue weighted by atomic mass is 10.2. The molecule has 0 bridgehead atoms. The Balaban J connectivity index is 2.82. The van der Waals surface area contributed by atoms with Gasteiger partial charge in [-0.3, -0.25) is 0 Å². The normalized spacial score (nSPS) is 10.4. The minimum Gasteiger partial charge on any atom is -0.478 e. The molecule has 1 aromatic carbocycles. The van der Waals surface area contributed by atoms with Gasteiger partial charge in [0.05, 0.1) is 11.3 Å². The second kappa shape index (κ2) is 6.88. The van der Waals surface area contributed by atoms with E-state index in [1.165, 1.54) is 12.1 Å². The van der Waals surface area contributed by atoms with Crippen LogP contribution in [0, 0.1) is 11.7 Å². The average Bonchev–Trinajstić information content (AvgIpc) is 2.37. The van der Waals surface area contributed by atoms with Crippen molar-refractivity contribution >= 4 is 17.7 Å². The molecule has 0 aromatic heterocycles. The highest BCUT2D eigenvalue weighted by molar-refractivity contribution is 5.91. The number of amides is 2. The van der Waals surface area contributed by atoms with Gasteiger partial charge >= 0.3 is 12.0 Å². The van der Waals surface area contributed by atoms with Crippen molar-refractivity contribution in [3.05, 3.63) is 29.6 Å². The minimum atomic E-state index is -1.21. The van der Waals surface area contributed by atoms with E-state index in [0.29, 0.717) is 19.0 Å². The van der Waals surface area contributed by atoms with Crippen LogP contribution in [0.25, 0.3) is 0 Å². The molecular weight excluding hydrogens is 263 g/mol. The summed E-state index contributed by atoms with van der Waals surface area (Å²) in [5, 5.41) is 11.2. The van der Waals surface area contributed by atoms with Crippen LogP contribution in [-0.4, -0.2) is 35.1 Å². The highest BCUT2D eigenvalue weighted by Gasteiger charge is 2.15. The number of carboxylic acids is 1. The van der Waals surface area contributed by atoms with Crippen LogP contribution in [-0.2, 0) is 0 Å². The molecule has 0 heterocycles. The summed E-state index contributed by atoms with van der Waals surface area (Å²) >= 11 is 0. The van der Waals surface area contributed by atoms with Crippen LogP contribution in [0.3, 0.4) is 0 Å². The molecule has 0 aliphatic rings. The highest BCUT2D eigenvalue weighted by atomic mass is 19.1. The highest BCUT2D eigenvalue weighted by Crippen LogP contribution is 2.16. The number of aromatic carboxylic acids is 1. The number of benzene rings is 1. The fourth-order valence-electron chi connectivity index (χ4n) is 1.74. The lowest BCUT2D eigenvalue weighted by Gasteiger charge is -2.23. The zero-order valence-corrected chi connectivity index (χ0v) is 11.8. The lowest BCUT2D eigenvalue weighted by Crippen LogP contribution is -2.37. The van der Waals surface area contributed by atoms with Crippen molar-refractivity contribution < 1.29 is 19.1 Å². The summed E-state index contributed by atoms with van der Waals surface area (Å²) in [6.07, 6.45) is 0. The molecule has 110 valence electrons. The van der Waals surface area contributed by atoms with E-state index >= 15 is 0 Å². The molecule has 0 radical (unpaired) electrons. The van der Waals surface area contributed by atoms with E-state index in [2.05, 4.69) is 5.32 Å². The Hall–Kier alpha value is -2.11. The standard InChI is InChI=1S/C14H19FN2O3/c1-4-17(8-9(2)3)14(20)16-12-6-5-10(13(18)19)7-11(12)15/h5-7,9H,4,8H2,1-3H3,(H,16,20)(H,18,19). The summed E-state index contributed by atoms with van der Waals surface area (Å²) in [7, 11) is 0. The largest absolute Gasteiger partial charge is 0.478 e. The third-order valence-electron chi connectivity index (χ3n) is 2.71. The maximum absolute atomic E-state index is 13.7. The monoisotopic (exact) mass is 282 g/mol. The Bertz CT molecular complexity index is 503. The third-order valence-corrected chi connectivity index (χ3v) is 2.71. The van der Waals surface area contributed by atoms with E-state index in [1.54, 1.807) is 4.90 Å². The number of carbonyl (C=O) groups is 2. The number of carbonyl (C=O) groups excluding carboxylic acids is 1. The molecule has 0 unspecified atom stereocenters. The van der Waals surface area contributed by atoms with Crippen molar-refractivity contribution in [2.75, 3.05) is 18.4 Å². The van der Waals surface area contributed by atoms with E-state index in [1.807, 2.05) is 20.8 Å². The average molecular weight is 282 g/mol. The molecule has 0 aliphatic heterocycles. The molecule has 6 heteroatoms. The Morgan fingerprint density at radius 3 is 2.50 bits per heavy atom. The van der Waals surface area contributed by atoms with E-state index < -0.39 is 17.8 Å². The first-order chi connectivity index (χ1) is 9.35. The van der Waals surface area contributed by atoms with Gasteiger partial charge in [-0.1, -0.05) is 13.8 Å². The van der Waals surface area contributed by atoms with Crippen LogP contribution in [0.4, 0.5) is 14.9 Å². The fourth-order valence-corrected chi connectivity index (χ4v) is 1.74. The van der Waals surface area contributed by atoms with E-state index in [-0.39, 0.29) is 11.3 Å². The van der Waals surface area contributed by atoms with Gasteiger partial charge < -0.3 is 15.3 Å². The molecule has 1 rings (SSSR count). The molecular formula is C14H19FN2O3. The molecule has 0 fully saturated rings. The molecule has 0 saturated carbocycles. The van der Waals surface area contributed by atoms with E-state index in [9.17, 15) is 14.0 Å². The van der Waals surface area contributed by atoms with Crippen molar-refractivity contribution in [2.45, 2.75) is 20.8 Å². The smallest absolute Gasteiger partial charge is 0.335 e. The maximum Gasteiger partial charge on any atom is 0.335 e. The van der Waals surface area contributed by atoms with Gasteiger partial charge in [-0.15, -0.1) is 0 Å². The number of urea groups is 1. The molecule has 20 heavy (non-hydrogen) atoms. The predicted octanol–water partition coefficient (Wildman–Crippen LogP) is 3.03. The lowest BCUT2D eigenvalue weighted by molar-refractivity contribution is 0.0696. The van der Waals surface area contributed by atoms with Crippen LogP contribution in [0.1, 0.15) is 31.1 Å². The molecule has 1 aromatic rings. The zero-order valence-electron chi connectivity index (χ0n) is 11.8. The van der Waals surface area contributed by atoms with Crippen molar-refractivity contribution in [1.82, 2.24) is 4.90 Å². The predicted molar refractivity (Wildman–Crippen MR) is 74.5 cm³/mol. The number of carboxylic acid groups (broad SMARTS) is 1. The summed E-state index contributed by atoms with van der Waals surface area (Å²) in [5.41, 5.74) is -0.183. The number of hydrogen-bond donors (Lipinski definition) is 2. The van der Waals surface area contributed by atoms with Crippen molar-refractivity contribution in [2.24, 2.45) is 5.92 Å². The van der Waals surface area contributed by atoms with E-state index in [0.717, 1.165) is 6.07 Å². The van der Waals surface area contributed by atoms with Crippen LogP contribution in [0.2, 0.25) is 0 Å². The van der Waals surface area contributed by atoms with Gasteiger partial charge in [-0.25, -0.2) is 14.0 Å². The second-order valence-electron chi connectivity index (χ2n) is 4.86. The number of rotatable bonds is 5. The fraction of sp³-hybridized carbons (Fsp3) is 0.429. The number of halogens is 1. The van der Waals surface area contributed by atoms with Gasteiger partial charge in [0.15, 0.2) is 0 Å². The van der Waals surface area contributed by atoms with Crippen LogP contribution < -0.4 is 5.32 Å². The summed E-state index contributed by atoms with van der Waals surface area (Å²) in [5.74, 6) is -1.67. The van der Waals surface area contributed by atoms with Crippen molar-refractivity contribution in [3.63, 3.8) is 0 Å². The molecule has 0 atom stereocenters. The van der Waals surface area contributed by atoms with Crippen molar-refractivity contribution in [3.8, 4) is 0 Å². The number of anilines is 1. The molecule has 0 aliphatic carbocycles. The number of nitrogens with one attached hydrogen (secondary N) is 1. The number of nitrogens with zero attached hydrogens (tertiary/aromatic N) is 1. The third kappa shape index (κ3) is 4.22. The first kappa shape index (κ1) is 15.9. The minimum absolute atomic E-state index is 0.0257. The van der Waals surface area contributed by atoms with Gasteiger partial charge in [0, 0.05) is 13.1 Å².